The highest BCUT2D eigenvalue weighted by Gasteiger charge is 2.09. The van der Waals surface area contributed by atoms with Crippen LogP contribution in [0.1, 0.15) is 11.6 Å². The number of hydrogen-bond donors (Lipinski definition) is 1. The molecule has 1 aromatic carbocycles. The number of benzene rings is 1. The maximum atomic E-state index is 12.2. The number of halogens is 2. The molecule has 0 saturated heterocycles. The molecule has 0 amide bonds. The van der Waals surface area contributed by atoms with Crippen LogP contribution in [0.5, 0.6) is 0 Å². The molecule has 86 valence electrons. The van der Waals surface area contributed by atoms with Gasteiger partial charge in [0.2, 0.25) is 0 Å². The van der Waals surface area contributed by atoms with Crippen LogP contribution in [0.15, 0.2) is 29.2 Å². The maximum absolute atomic E-state index is 12.2. The summed E-state index contributed by atoms with van der Waals surface area (Å²) in [6, 6.07) is 5.24. The van der Waals surface area contributed by atoms with Gasteiger partial charge in [-0.3, -0.25) is 0 Å². The third-order valence-corrected chi connectivity index (χ3v) is 3.03. The van der Waals surface area contributed by atoms with Crippen LogP contribution < -0.4 is 5.73 Å². The summed E-state index contributed by atoms with van der Waals surface area (Å²) < 4.78 is 34.3. The quantitative estimate of drug-likeness (QED) is 0.888. The van der Waals surface area contributed by atoms with Crippen LogP contribution in [0, 0.1) is 0 Å². The SMILES string of the molecule is CS(=O)(=O)c1ccc([C@H](N)CF)cc1.Cl. The summed E-state index contributed by atoms with van der Waals surface area (Å²) in [5.41, 5.74) is 6.03. The van der Waals surface area contributed by atoms with Crippen molar-refractivity contribution in [1.29, 1.82) is 0 Å². The molecule has 1 rings (SSSR count). The first-order valence-corrected chi connectivity index (χ1v) is 5.96. The Morgan fingerprint density at radius 1 is 1.33 bits per heavy atom. The predicted octanol–water partition coefficient (Wildman–Crippen LogP) is 1.48. The smallest absolute Gasteiger partial charge is 0.175 e. The molecule has 0 radical (unpaired) electrons. The van der Waals surface area contributed by atoms with Gasteiger partial charge in [0.05, 0.1) is 10.9 Å². The Morgan fingerprint density at radius 3 is 2.13 bits per heavy atom. The van der Waals surface area contributed by atoms with E-state index in [0.717, 1.165) is 6.26 Å². The molecule has 0 unspecified atom stereocenters. The Labute approximate surface area is 94.8 Å². The molecule has 15 heavy (non-hydrogen) atoms. The summed E-state index contributed by atoms with van der Waals surface area (Å²) in [7, 11) is -3.19. The lowest BCUT2D eigenvalue weighted by molar-refractivity contribution is 0.437. The van der Waals surface area contributed by atoms with Crippen molar-refractivity contribution in [2.75, 3.05) is 12.9 Å². The second-order valence-electron chi connectivity index (χ2n) is 3.10. The summed E-state index contributed by atoms with van der Waals surface area (Å²) in [5.74, 6) is 0. The molecule has 3 nitrogen and oxygen atoms in total. The van der Waals surface area contributed by atoms with Gasteiger partial charge in [0.15, 0.2) is 9.84 Å². The molecule has 0 saturated carbocycles. The van der Waals surface area contributed by atoms with E-state index < -0.39 is 22.6 Å². The largest absolute Gasteiger partial charge is 0.322 e. The second kappa shape index (κ2) is 5.44. The number of nitrogens with two attached hydrogens (primary N) is 1. The lowest BCUT2D eigenvalue weighted by Crippen LogP contribution is -2.12. The van der Waals surface area contributed by atoms with Gasteiger partial charge in [-0.05, 0) is 17.7 Å². The molecule has 0 aliphatic rings. The standard InChI is InChI=1S/C9H12FNO2S.ClH/c1-14(12,13)8-4-2-7(3-5-8)9(11)6-10;/h2-5,9H,6,11H2,1H3;1H/t9-;/m1./s1. The molecule has 1 aromatic rings. The molecule has 1 atom stereocenters. The number of rotatable bonds is 3. The number of hydrogen-bond acceptors (Lipinski definition) is 3. The Bertz CT molecular complexity index is 405. The molecule has 0 fully saturated rings. The fourth-order valence-electron chi connectivity index (χ4n) is 1.05. The summed E-state index contributed by atoms with van der Waals surface area (Å²) >= 11 is 0. The average molecular weight is 254 g/mol. The zero-order valence-electron chi connectivity index (χ0n) is 8.18. The fraction of sp³-hybridized carbons (Fsp3) is 0.333. The zero-order chi connectivity index (χ0) is 10.8. The van der Waals surface area contributed by atoms with Gasteiger partial charge in [0, 0.05) is 6.26 Å². The summed E-state index contributed by atoms with van der Waals surface area (Å²) in [6.07, 6.45) is 1.12. The van der Waals surface area contributed by atoms with Crippen LogP contribution in [0.3, 0.4) is 0 Å². The van der Waals surface area contributed by atoms with Crippen LogP contribution >= 0.6 is 12.4 Å². The lowest BCUT2D eigenvalue weighted by Gasteiger charge is -2.07. The van der Waals surface area contributed by atoms with E-state index in [-0.39, 0.29) is 17.3 Å². The van der Waals surface area contributed by atoms with Gasteiger partial charge in [-0.1, -0.05) is 12.1 Å². The molecular weight excluding hydrogens is 241 g/mol. The van der Waals surface area contributed by atoms with Crippen LogP contribution in [-0.2, 0) is 9.84 Å². The van der Waals surface area contributed by atoms with Crippen LogP contribution in [0.2, 0.25) is 0 Å². The molecule has 6 heteroatoms. The first-order chi connectivity index (χ1) is 6.45. The normalized spacial score (nSPS) is 13.0. The van der Waals surface area contributed by atoms with Gasteiger partial charge in [-0.25, -0.2) is 12.8 Å². The number of alkyl halides is 1. The minimum atomic E-state index is -3.19. The van der Waals surface area contributed by atoms with Crippen LogP contribution in [0.25, 0.3) is 0 Å². The third-order valence-electron chi connectivity index (χ3n) is 1.90. The van der Waals surface area contributed by atoms with Gasteiger partial charge in [-0.2, -0.15) is 0 Å². The fourth-order valence-corrected chi connectivity index (χ4v) is 1.68. The van der Waals surface area contributed by atoms with E-state index in [1.807, 2.05) is 0 Å². The van der Waals surface area contributed by atoms with E-state index in [0.29, 0.717) is 5.56 Å². The minimum absolute atomic E-state index is 0. The molecule has 2 N–H and O–H groups in total. The lowest BCUT2D eigenvalue weighted by atomic mass is 10.1. The van der Waals surface area contributed by atoms with Gasteiger partial charge in [-0.15, -0.1) is 12.4 Å². The van der Waals surface area contributed by atoms with Crippen molar-refractivity contribution in [3.63, 3.8) is 0 Å². The Balaban J connectivity index is 0.00000196. The number of sulfone groups is 1. The third kappa shape index (κ3) is 3.77. The molecule has 0 aromatic heterocycles. The average Bonchev–Trinajstić information content (AvgIpc) is 2.15. The van der Waals surface area contributed by atoms with Gasteiger partial charge in [0.1, 0.15) is 6.67 Å². The van der Waals surface area contributed by atoms with Gasteiger partial charge < -0.3 is 5.73 Å². The molecular formula is C9H13ClFNO2S. The monoisotopic (exact) mass is 253 g/mol. The van der Waals surface area contributed by atoms with E-state index >= 15 is 0 Å². The van der Waals surface area contributed by atoms with Crippen molar-refractivity contribution in [3.8, 4) is 0 Å². The van der Waals surface area contributed by atoms with E-state index in [1.165, 1.54) is 24.3 Å². The highest BCUT2D eigenvalue weighted by atomic mass is 35.5. The van der Waals surface area contributed by atoms with E-state index in [1.54, 1.807) is 0 Å². The van der Waals surface area contributed by atoms with Crippen LogP contribution in [-0.4, -0.2) is 21.3 Å². The van der Waals surface area contributed by atoms with Crippen molar-refractivity contribution >= 4 is 22.2 Å². The molecule has 0 aliphatic heterocycles. The zero-order valence-corrected chi connectivity index (χ0v) is 9.82. The summed E-state index contributed by atoms with van der Waals surface area (Å²) in [5, 5.41) is 0. The van der Waals surface area contributed by atoms with Gasteiger partial charge >= 0.3 is 0 Å². The molecule has 0 bridgehead atoms. The minimum Gasteiger partial charge on any atom is -0.322 e. The first-order valence-electron chi connectivity index (χ1n) is 4.06. The summed E-state index contributed by atoms with van der Waals surface area (Å²) in [6.45, 7) is -0.655. The van der Waals surface area contributed by atoms with E-state index in [4.69, 9.17) is 5.73 Å². The topological polar surface area (TPSA) is 60.2 Å². The van der Waals surface area contributed by atoms with Crippen LogP contribution in [0.4, 0.5) is 4.39 Å². The summed E-state index contributed by atoms with van der Waals surface area (Å²) in [4.78, 5) is 0.215. The predicted molar refractivity (Wildman–Crippen MR) is 59.7 cm³/mol. The molecule has 0 spiro atoms. The van der Waals surface area contributed by atoms with E-state index in [9.17, 15) is 12.8 Å². The highest BCUT2D eigenvalue weighted by Crippen LogP contribution is 2.14. The second-order valence-corrected chi connectivity index (χ2v) is 5.12. The Morgan fingerprint density at radius 2 is 1.80 bits per heavy atom. The van der Waals surface area contributed by atoms with E-state index in [2.05, 4.69) is 0 Å². The maximum Gasteiger partial charge on any atom is 0.175 e. The molecule has 0 aliphatic carbocycles. The van der Waals surface area contributed by atoms with Crippen molar-refractivity contribution in [1.82, 2.24) is 0 Å². The molecule has 0 heterocycles. The van der Waals surface area contributed by atoms with Crippen molar-refractivity contribution in [3.05, 3.63) is 29.8 Å². The Kier molecular flexibility index (Phi) is 5.20. The highest BCUT2D eigenvalue weighted by molar-refractivity contribution is 7.90. The van der Waals surface area contributed by atoms with Crippen molar-refractivity contribution in [2.24, 2.45) is 5.73 Å². The van der Waals surface area contributed by atoms with Gasteiger partial charge in [0.25, 0.3) is 0 Å². The van der Waals surface area contributed by atoms with Crippen molar-refractivity contribution < 1.29 is 12.8 Å². The Hall–Kier alpha value is -0.650. The van der Waals surface area contributed by atoms with Crippen molar-refractivity contribution in [2.45, 2.75) is 10.9 Å². The first kappa shape index (κ1) is 14.3.